The molecule has 0 bridgehead atoms. The molecular formula is C23H19N5O3S2. The summed E-state index contributed by atoms with van der Waals surface area (Å²) >= 11 is 1.10. The van der Waals surface area contributed by atoms with Gasteiger partial charge in [0.25, 0.3) is 10.0 Å². The summed E-state index contributed by atoms with van der Waals surface area (Å²) in [5.74, 6) is 0.0265. The number of aryl methyl sites for hydroxylation is 2. The van der Waals surface area contributed by atoms with E-state index in [0.29, 0.717) is 32.5 Å². The molecule has 0 saturated heterocycles. The molecule has 5 aromatic rings. The van der Waals surface area contributed by atoms with Crippen molar-refractivity contribution in [1.82, 2.24) is 20.2 Å². The highest BCUT2D eigenvalue weighted by molar-refractivity contribution is 7.99. The number of nitrogens with zero attached hydrogens (tertiary/aromatic N) is 3. The maximum atomic E-state index is 12.8. The van der Waals surface area contributed by atoms with Gasteiger partial charge in [-0.25, -0.2) is 13.4 Å². The molecule has 3 aromatic carbocycles. The topological polar surface area (TPSA) is 121 Å². The number of nitrogens with one attached hydrogen (secondary N) is 2. The van der Waals surface area contributed by atoms with Gasteiger partial charge in [-0.3, -0.25) is 4.72 Å². The van der Waals surface area contributed by atoms with Crippen molar-refractivity contribution in [2.24, 2.45) is 0 Å². The Kier molecular flexibility index (Phi) is 5.18. The van der Waals surface area contributed by atoms with Gasteiger partial charge in [-0.05, 0) is 61.5 Å². The van der Waals surface area contributed by atoms with Crippen LogP contribution in [0, 0.1) is 13.8 Å². The number of para-hydroxylation sites is 1. The Hall–Kier alpha value is -3.63. The molecule has 0 spiro atoms. The number of hydrogen-bond donors (Lipinski definition) is 3. The molecule has 0 aliphatic carbocycles. The van der Waals surface area contributed by atoms with E-state index >= 15 is 0 Å². The van der Waals surface area contributed by atoms with Crippen LogP contribution in [0.15, 0.2) is 75.6 Å². The van der Waals surface area contributed by atoms with Gasteiger partial charge in [-0.15, -0.1) is 10.2 Å². The summed E-state index contributed by atoms with van der Waals surface area (Å²) in [5, 5.41) is 20.3. The summed E-state index contributed by atoms with van der Waals surface area (Å²) in [6.45, 7) is 3.59. The number of fused-ring (bicyclic) bond motifs is 3. The molecule has 0 atom stereocenters. The minimum absolute atomic E-state index is 0.0265. The standard InChI is InChI=1S/C23H19N5O3S2/c1-13-7-9-16(10-8-13)33(30,31)28-15-11-14(2)21(29)19(12-15)32-23-25-22-20(26-27-23)17-5-3-4-6-18(17)24-22/h3-12,28-29H,1-2H3,(H,24,25,27). The Labute approximate surface area is 194 Å². The maximum Gasteiger partial charge on any atom is 0.261 e. The highest BCUT2D eigenvalue weighted by atomic mass is 32.2. The van der Waals surface area contributed by atoms with Gasteiger partial charge in [0.15, 0.2) is 5.65 Å². The Morgan fingerprint density at radius 2 is 1.76 bits per heavy atom. The number of anilines is 1. The fraction of sp³-hybridized carbons (Fsp3) is 0.0870. The van der Waals surface area contributed by atoms with E-state index in [1.54, 1.807) is 43.3 Å². The van der Waals surface area contributed by atoms with Gasteiger partial charge in [0.1, 0.15) is 11.3 Å². The maximum absolute atomic E-state index is 12.8. The van der Waals surface area contributed by atoms with Crippen molar-refractivity contribution in [3.8, 4) is 5.75 Å². The zero-order valence-electron chi connectivity index (χ0n) is 17.7. The molecule has 0 fully saturated rings. The van der Waals surface area contributed by atoms with Crippen LogP contribution in [-0.4, -0.2) is 33.7 Å². The van der Waals surface area contributed by atoms with E-state index in [-0.39, 0.29) is 10.6 Å². The van der Waals surface area contributed by atoms with Crippen LogP contribution in [0.5, 0.6) is 5.75 Å². The average Bonchev–Trinajstić information content (AvgIpc) is 3.15. The number of phenolic OH excluding ortho intramolecular Hbond substituents is 1. The molecule has 2 aromatic heterocycles. The lowest BCUT2D eigenvalue weighted by molar-refractivity contribution is 0.458. The molecule has 0 unspecified atom stereocenters. The smallest absolute Gasteiger partial charge is 0.261 e. The third-order valence-corrected chi connectivity index (χ3v) is 7.44. The van der Waals surface area contributed by atoms with Crippen molar-refractivity contribution >= 4 is 49.5 Å². The van der Waals surface area contributed by atoms with Crippen LogP contribution >= 0.6 is 11.8 Å². The van der Waals surface area contributed by atoms with Gasteiger partial charge in [0.2, 0.25) is 5.16 Å². The van der Waals surface area contributed by atoms with Crippen LogP contribution in [0.1, 0.15) is 11.1 Å². The number of rotatable bonds is 5. The Balaban J connectivity index is 1.47. The molecule has 2 heterocycles. The highest BCUT2D eigenvalue weighted by Gasteiger charge is 2.18. The number of aromatic hydroxyl groups is 1. The van der Waals surface area contributed by atoms with Gasteiger partial charge >= 0.3 is 0 Å². The highest BCUT2D eigenvalue weighted by Crippen LogP contribution is 2.38. The zero-order valence-corrected chi connectivity index (χ0v) is 19.3. The van der Waals surface area contributed by atoms with Crippen LogP contribution in [0.2, 0.25) is 0 Å². The Morgan fingerprint density at radius 3 is 2.55 bits per heavy atom. The summed E-state index contributed by atoms with van der Waals surface area (Å²) < 4.78 is 28.2. The number of H-pyrrole nitrogens is 1. The number of hydrogen-bond acceptors (Lipinski definition) is 7. The Bertz CT molecular complexity index is 1610. The molecule has 5 rings (SSSR count). The van der Waals surface area contributed by atoms with Crippen molar-refractivity contribution < 1.29 is 13.5 Å². The molecule has 0 saturated carbocycles. The molecular weight excluding hydrogens is 458 g/mol. The number of aromatic amines is 1. The van der Waals surface area contributed by atoms with Gasteiger partial charge in [-0.1, -0.05) is 35.9 Å². The second-order valence-electron chi connectivity index (χ2n) is 7.62. The molecule has 10 heteroatoms. The lowest BCUT2D eigenvalue weighted by Crippen LogP contribution is -2.13. The summed E-state index contributed by atoms with van der Waals surface area (Å²) in [6.07, 6.45) is 0. The van der Waals surface area contributed by atoms with Crippen LogP contribution in [0.3, 0.4) is 0 Å². The second kappa shape index (κ2) is 8.05. The zero-order chi connectivity index (χ0) is 23.2. The molecule has 8 nitrogen and oxygen atoms in total. The molecule has 3 N–H and O–H groups in total. The van der Waals surface area contributed by atoms with Crippen LogP contribution in [0.4, 0.5) is 5.69 Å². The second-order valence-corrected chi connectivity index (χ2v) is 10.3. The van der Waals surface area contributed by atoms with Crippen LogP contribution in [-0.2, 0) is 10.0 Å². The van der Waals surface area contributed by atoms with E-state index in [0.717, 1.165) is 28.2 Å². The van der Waals surface area contributed by atoms with Gasteiger partial charge in [0, 0.05) is 10.9 Å². The Morgan fingerprint density at radius 1 is 1.00 bits per heavy atom. The largest absolute Gasteiger partial charge is 0.506 e. The first-order valence-corrected chi connectivity index (χ1v) is 12.3. The third kappa shape index (κ3) is 4.10. The van der Waals surface area contributed by atoms with Crippen molar-refractivity contribution in [2.75, 3.05) is 4.72 Å². The number of benzene rings is 3. The van der Waals surface area contributed by atoms with Crippen LogP contribution in [0.25, 0.3) is 22.1 Å². The molecule has 33 heavy (non-hydrogen) atoms. The van der Waals surface area contributed by atoms with E-state index in [2.05, 4.69) is 24.9 Å². The molecule has 0 aliphatic rings. The molecule has 0 amide bonds. The van der Waals surface area contributed by atoms with Crippen molar-refractivity contribution in [2.45, 2.75) is 28.8 Å². The van der Waals surface area contributed by atoms with Crippen molar-refractivity contribution in [1.29, 1.82) is 0 Å². The molecule has 0 radical (unpaired) electrons. The first kappa shape index (κ1) is 21.2. The summed E-state index contributed by atoms with van der Waals surface area (Å²) in [4.78, 5) is 8.30. The van der Waals surface area contributed by atoms with Crippen molar-refractivity contribution in [3.05, 3.63) is 71.8 Å². The minimum atomic E-state index is -3.78. The SMILES string of the molecule is Cc1ccc(S(=O)(=O)Nc2cc(C)c(O)c(Sc3nnc4c(n3)[nH]c3ccccc34)c2)cc1. The van der Waals surface area contributed by atoms with E-state index in [9.17, 15) is 13.5 Å². The van der Waals surface area contributed by atoms with E-state index in [4.69, 9.17) is 0 Å². The fourth-order valence-corrected chi connectivity index (χ4v) is 5.36. The first-order valence-electron chi connectivity index (χ1n) is 10.0. The lowest BCUT2D eigenvalue weighted by Gasteiger charge is -2.12. The summed E-state index contributed by atoms with van der Waals surface area (Å²) in [6, 6.07) is 17.4. The number of aromatic nitrogens is 4. The normalized spacial score (nSPS) is 11.8. The lowest BCUT2D eigenvalue weighted by atomic mass is 10.2. The quantitative estimate of drug-likeness (QED) is 0.312. The number of phenols is 1. The third-order valence-electron chi connectivity index (χ3n) is 5.15. The van der Waals surface area contributed by atoms with Gasteiger partial charge in [-0.2, -0.15) is 0 Å². The summed E-state index contributed by atoms with van der Waals surface area (Å²) in [7, 11) is -3.78. The van der Waals surface area contributed by atoms with E-state index in [1.165, 1.54) is 0 Å². The average molecular weight is 478 g/mol. The predicted molar refractivity (Wildman–Crippen MR) is 128 cm³/mol. The van der Waals surface area contributed by atoms with Crippen molar-refractivity contribution in [3.63, 3.8) is 0 Å². The number of sulfonamides is 1. The fourth-order valence-electron chi connectivity index (χ4n) is 3.46. The first-order chi connectivity index (χ1) is 15.8. The monoisotopic (exact) mass is 477 g/mol. The van der Waals surface area contributed by atoms with Gasteiger partial charge < -0.3 is 10.1 Å². The predicted octanol–water partition coefficient (Wildman–Crippen LogP) is 4.78. The molecule has 0 aliphatic heterocycles. The molecule has 166 valence electrons. The van der Waals surface area contributed by atoms with E-state index in [1.807, 2.05) is 31.2 Å². The van der Waals surface area contributed by atoms with E-state index < -0.39 is 10.0 Å². The summed E-state index contributed by atoms with van der Waals surface area (Å²) in [5.41, 5.74) is 3.96. The van der Waals surface area contributed by atoms with Gasteiger partial charge in [0.05, 0.1) is 15.5 Å². The minimum Gasteiger partial charge on any atom is -0.506 e. The van der Waals surface area contributed by atoms with Crippen LogP contribution < -0.4 is 4.72 Å².